The second-order valence-electron chi connectivity index (χ2n) is 15.0. The van der Waals surface area contributed by atoms with Gasteiger partial charge in [-0.1, -0.05) is 103 Å². The van der Waals surface area contributed by atoms with Crippen molar-refractivity contribution in [1.82, 2.24) is 20.5 Å². The second-order valence-corrected chi connectivity index (χ2v) is 16.9. The van der Waals surface area contributed by atoms with Gasteiger partial charge >= 0.3 is 11.9 Å². The van der Waals surface area contributed by atoms with Crippen LogP contribution in [0.5, 0.6) is 0 Å². The van der Waals surface area contributed by atoms with Gasteiger partial charge in [-0.3, -0.25) is 14.5 Å². The van der Waals surface area contributed by atoms with Crippen molar-refractivity contribution in [3.63, 3.8) is 0 Å². The number of anilines is 1. The van der Waals surface area contributed by atoms with Crippen LogP contribution in [0.25, 0.3) is 0 Å². The molecule has 4 N–H and O–H groups in total. The molecule has 3 aromatic carbocycles. The molecule has 15 heteroatoms. The van der Waals surface area contributed by atoms with E-state index in [1.165, 1.54) is 41.8 Å². The lowest BCUT2D eigenvalue weighted by molar-refractivity contribution is -0.179. The molecule has 298 valence electrons. The highest BCUT2D eigenvalue weighted by Crippen LogP contribution is 2.42. The molecule has 6 rings (SSSR count). The van der Waals surface area contributed by atoms with Gasteiger partial charge in [-0.2, -0.15) is 0 Å². The van der Waals surface area contributed by atoms with Crippen molar-refractivity contribution in [3.8, 4) is 0 Å². The summed E-state index contributed by atoms with van der Waals surface area (Å²) < 4.78 is 5.55. The van der Waals surface area contributed by atoms with Crippen LogP contribution >= 0.6 is 23.1 Å². The molecule has 1 unspecified atom stereocenters. The minimum atomic E-state index is -1.62. The number of hydrogen-bond donors (Lipinski definition) is 4. The predicted octanol–water partition coefficient (Wildman–Crippen LogP) is 5.74. The Morgan fingerprint density at radius 3 is 1.98 bits per heavy atom. The van der Waals surface area contributed by atoms with Gasteiger partial charge in [0.1, 0.15) is 33.9 Å². The highest BCUT2D eigenvalue weighted by atomic mass is 32.2. The van der Waals surface area contributed by atoms with Crippen LogP contribution in [-0.4, -0.2) is 85.9 Å². The van der Waals surface area contributed by atoms with E-state index in [4.69, 9.17) is 14.6 Å². The van der Waals surface area contributed by atoms with Gasteiger partial charge in [0.2, 0.25) is 5.60 Å². The molecule has 3 heterocycles. The lowest BCUT2D eigenvalue weighted by Crippen LogP contribution is -2.71. The summed E-state index contributed by atoms with van der Waals surface area (Å²) >= 11 is 2.59. The van der Waals surface area contributed by atoms with E-state index in [2.05, 4.69) is 21.1 Å². The van der Waals surface area contributed by atoms with Crippen LogP contribution in [0.4, 0.5) is 5.13 Å². The molecular formula is C42H46N6O7S2. The number of likely N-dealkylation sites (N-methyl/N-ethyl adjacent to an activating group) is 1. The Morgan fingerprint density at radius 1 is 0.912 bits per heavy atom. The van der Waals surface area contributed by atoms with E-state index in [1.807, 2.05) is 97.9 Å². The molecule has 1 saturated heterocycles. The maximum atomic E-state index is 14.3. The van der Waals surface area contributed by atoms with Gasteiger partial charge in [-0.25, -0.2) is 14.6 Å². The molecule has 0 radical (unpaired) electrons. The zero-order chi connectivity index (χ0) is 41.0. The van der Waals surface area contributed by atoms with Gasteiger partial charge < -0.3 is 30.6 Å². The molecule has 0 spiro atoms. The normalized spacial score (nSPS) is 17.3. The fraction of sp³-hybridized carbons (Fsp3) is 0.333. The fourth-order valence-corrected chi connectivity index (χ4v) is 8.59. The van der Waals surface area contributed by atoms with Crippen molar-refractivity contribution in [2.45, 2.75) is 69.7 Å². The zero-order valence-corrected chi connectivity index (χ0v) is 34.2. The summed E-state index contributed by atoms with van der Waals surface area (Å²) in [5.41, 5.74) is -0.219. The Bertz CT molecular complexity index is 2070. The smallest absolute Gasteiger partial charge is 0.353 e. The summed E-state index contributed by atoms with van der Waals surface area (Å²) in [6, 6.07) is 28.8. The summed E-state index contributed by atoms with van der Waals surface area (Å²) in [5.74, 6) is -2.93. The number of amides is 2. The maximum Gasteiger partial charge on any atom is 0.353 e. The van der Waals surface area contributed by atoms with Gasteiger partial charge in [0.25, 0.3) is 11.8 Å². The first kappa shape index (κ1) is 41.1. The minimum absolute atomic E-state index is 0.0829. The van der Waals surface area contributed by atoms with Crippen molar-refractivity contribution < 1.29 is 33.9 Å². The molecule has 4 aromatic rings. The van der Waals surface area contributed by atoms with E-state index in [0.717, 1.165) is 16.7 Å². The van der Waals surface area contributed by atoms with Crippen LogP contribution < -0.4 is 16.0 Å². The van der Waals surface area contributed by atoms with Gasteiger partial charge in [0, 0.05) is 17.7 Å². The molecule has 13 nitrogen and oxygen atoms in total. The molecular weight excluding hydrogens is 765 g/mol. The van der Waals surface area contributed by atoms with Crippen molar-refractivity contribution in [2.24, 2.45) is 5.16 Å². The minimum Gasteiger partial charge on any atom is -0.477 e. The highest BCUT2D eigenvalue weighted by Gasteiger charge is 2.54. The summed E-state index contributed by atoms with van der Waals surface area (Å²) in [5, 5.41) is 25.2. The maximum absolute atomic E-state index is 14.3. The molecule has 1 aromatic heterocycles. The summed E-state index contributed by atoms with van der Waals surface area (Å²) in [6.45, 7) is 11.0. The van der Waals surface area contributed by atoms with Crippen LogP contribution in [0, 0.1) is 0 Å². The van der Waals surface area contributed by atoms with Crippen molar-refractivity contribution in [2.75, 3.05) is 24.2 Å². The van der Waals surface area contributed by atoms with E-state index in [0.29, 0.717) is 29.5 Å². The Balaban J connectivity index is 1.36. The van der Waals surface area contributed by atoms with E-state index in [9.17, 15) is 24.3 Å². The number of aliphatic carboxylic acids is 1. The first-order valence-corrected chi connectivity index (χ1v) is 20.4. The van der Waals surface area contributed by atoms with Crippen molar-refractivity contribution in [3.05, 3.63) is 130 Å². The summed E-state index contributed by atoms with van der Waals surface area (Å²) in [7, 11) is 0. The van der Waals surface area contributed by atoms with E-state index in [-0.39, 0.29) is 17.1 Å². The van der Waals surface area contributed by atoms with Crippen LogP contribution in [0.1, 0.15) is 63.9 Å². The van der Waals surface area contributed by atoms with Crippen LogP contribution in [0.2, 0.25) is 0 Å². The summed E-state index contributed by atoms with van der Waals surface area (Å²) in [4.78, 5) is 65.1. The number of esters is 1. The number of thiazole rings is 1. The number of ether oxygens (including phenoxy) is 1. The molecule has 0 aliphatic carbocycles. The molecule has 2 aliphatic heterocycles. The van der Waals surface area contributed by atoms with Gasteiger partial charge in [-0.15, -0.1) is 23.1 Å². The van der Waals surface area contributed by atoms with E-state index < -0.39 is 51.9 Å². The third-order valence-electron chi connectivity index (χ3n) is 9.26. The Labute approximate surface area is 339 Å². The standard InChI is InChI=1S/C42H46N6O7S2/c1-7-43-23-26-24-56-36-32(35(50)48(36)33(26)37(51)52)45-34(49)31(47-55-41(5,6)38(53)54-40(2,3)4)30-25-57-39(44-30)46-42(27-17-11-8-12-18-27,28-19-13-9-14-20-28)29-21-15-10-16-22-29/h8-22,25,32,36,43H,7,23-24H2,1-6H3,(H,44,46)(H,45,49)(H,51,52)/b47-31-/t32?,36-/m0/s1. The number of nitrogens with zero attached hydrogens (tertiary/aromatic N) is 3. The van der Waals surface area contributed by atoms with E-state index in [1.54, 1.807) is 26.2 Å². The number of carboxylic acid groups (broad SMARTS) is 1. The molecule has 1 fully saturated rings. The largest absolute Gasteiger partial charge is 0.477 e. The SMILES string of the molecule is CCNCC1=C(C(=O)O)N2C(=O)C(NC(=O)/C(=N\OC(C)(C)C(=O)OC(C)(C)C)c3csc(NC(c4ccccc4)(c4ccccc4)c4ccccc4)n3)[C@@H]2SC1. The number of rotatable bonds is 15. The molecule has 2 amide bonds. The predicted molar refractivity (Wildman–Crippen MR) is 221 cm³/mol. The quantitative estimate of drug-likeness (QED) is 0.0380. The van der Waals surface area contributed by atoms with Gasteiger partial charge in [0.05, 0.1) is 0 Å². The molecule has 2 aliphatic rings. The Morgan fingerprint density at radius 2 is 1.47 bits per heavy atom. The fourth-order valence-electron chi connectivity index (χ4n) is 6.49. The topological polar surface area (TPSA) is 172 Å². The van der Waals surface area contributed by atoms with Gasteiger partial charge in [0.15, 0.2) is 10.8 Å². The number of β-lactam (4-membered cyclic amide) rings is 1. The third-order valence-corrected chi connectivity index (χ3v) is 11.4. The lowest BCUT2D eigenvalue weighted by Gasteiger charge is -2.49. The van der Waals surface area contributed by atoms with Crippen LogP contribution in [-0.2, 0) is 34.3 Å². The highest BCUT2D eigenvalue weighted by molar-refractivity contribution is 8.00. The number of carbonyl (C=O) groups excluding carboxylic acids is 3. The third kappa shape index (κ3) is 8.75. The molecule has 0 saturated carbocycles. The first-order chi connectivity index (χ1) is 27.2. The first-order valence-electron chi connectivity index (χ1n) is 18.5. The van der Waals surface area contributed by atoms with Crippen LogP contribution in [0.3, 0.4) is 0 Å². The number of carboxylic acids is 1. The number of benzene rings is 3. The molecule has 2 atom stereocenters. The number of fused-ring (bicyclic) bond motifs is 1. The summed E-state index contributed by atoms with van der Waals surface area (Å²) in [6.07, 6.45) is 0. The monoisotopic (exact) mass is 810 g/mol. The molecule has 57 heavy (non-hydrogen) atoms. The van der Waals surface area contributed by atoms with Crippen LogP contribution in [0.15, 0.2) is 113 Å². The van der Waals surface area contributed by atoms with Crippen molar-refractivity contribution >= 4 is 57.7 Å². The number of carbonyl (C=O) groups is 4. The lowest BCUT2D eigenvalue weighted by atomic mass is 9.77. The van der Waals surface area contributed by atoms with Gasteiger partial charge in [-0.05, 0) is 63.4 Å². The number of thioether (sulfide) groups is 1. The zero-order valence-electron chi connectivity index (χ0n) is 32.6. The van der Waals surface area contributed by atoms with E-state index >= 15 is 0 Å². The molecule has 0 bridgehead atoms. The number of oxime groups is 1. The number of aromatic nitrogens is 1. The average molecular weight is 811 g/mol. The van der Waals surface area contributed by atoms with Crippen molar-refractivity contribution in [1.29, 1.82) is 0 Å². The average Bonchev–Trinajstić information content (AvgIpc) is 3.65. The Hall–Kier alpha value is -5.51. The Kier molecular flexibility index (Phi) is 12.2. The number of hydrogen-bond acceptors (Lipinski definition) is 12. The second kappa shape index (κ2) is 16.9. The number of nitrogens with one attached hydrogen (secondary N) is 3.